The molecule has 572 valence electrons. The first-order valence-corrected chi connectivity index (χ1v) is 36.7. The normalized spacial score (nSPS) is 26.4. The maximum absolute atomic E-state index is 15.6. The van der Waals surface area contributed by atoms with Crippen LogP contribution in [0.25, 0.3) is 0 Å². The fourth-order valence-corrected chi connectivity index (χ4v) is 15.0. The van der Waals surface area contributed by atoms with Crippen LogP contribution in [0.15, 0.2) is 18.2 Å². The van der Waals surface area contributed by atoms with E-state index >= 15 is 24.0 Å². The molecular formula is C72H112ClF3N12O14. The Kier molecular flexibility index (Phi) is 30.8. The van der Waals surface area contributed by atoms with Gasteiger partial charge in [0.05, 0.1) is 56.0 Å². The average Bonchev–Trinajstić information content (AvgIpc) is 1.48. The van der Waals surface area contributed by atoms with E-state index in [0.29, 0.717) is 19.3 Å². The lowest BCUT2D eigenvalue weighted by molar-refractivity contribution is -0.156. The first kappa shape index (κ1) is 83.8. The fourth-order valence-electron chi connectivity index (χ4n) is 14.6. The van der Waals surface area contributed by atoms with Gasteiger partial charge in [-0.3, -0.25) is 57.5 Å². The van der Waals surface area contributed by atoms with E-state index in [-0.39, 0.29) is 114 Å². The summed E-state index contributed by atoms with van der Waals surface area (Å²) >= 11 is 6.18. The molecule has 1 aromatic rings. The lowest BCUT2D eigenvalue weighted by atomic mass is 9.84. The monoisotopic (exact) mass is 1460 g/mol. The second kappa shape index (κ2) is 37.5. The van der Waals surface area contributed by atoms with E-state index in [9.17, 15) is 46.7 Å². The molecule has 0 radical (unpaired) electrons. The Balaban J connectivity index is 1.46. The number of nitrogens with zero attached hydrogens (tertiary/aromatic N) is 9. The van der Waals surface area contributed by atoms with Crippen molar-refractivity contribution in [1.29, 1.82) is 0 Å². The zero-order valence-corrected chi connectivity index (χ0v) is 63.1. The number of halogens is 4. The van der Waals surface area contributed by atoms with Gasteiger partial charge >= 0.3 is 6.18 Å². The summed E-state index contributed by atoms with van der Waals surface area (Å²) in [6.07, 6.45) is -0.383. The first-order valence-electron chi connectivity index (χ1n) is 36.3. The summed E-state index contributed by atoms with van der Waals surface area (Å²) in [5, 5.41) is 8.08. The van der Waals surface area contributed by atoms with Crippen LogP contribution < -0.4 is 16.0 Å². The third-order valence-electron chi connectivity index (χ3n) is 21.1. The summed E-state index contributed by atoms with van der Waals surface area (Å²) in [5.41, 5.74) is -2.46. The zero-order valence-electron chi connectivity index (χ0n) is 62.3. The molecule has 12 amide bonds. The average molecular weight is 1460 g/mol. The van der Waals surface area contributed by atoms with Crippen molar-refractivity contribution in [1.82, 2.24) is 60.0 Å². The maximum Gasteiger partial charge on any atom is 0.417 e. The Labute approximate surface area is 604 Å². The van der Waals surface area contributed by atoms with Gasteiger partial charge in [-0.1, -0.05) is 111 Å². The Morgan fingerprint density at radius 2 is 1.27 bits per heavy atom. The molecule has 9 atom stereocenters. The van der Waals surface area contributed by atoms with Crippen molar-refractivity contribution in [2.45, 2.75) is 218 Å². The number of carbonyl (C=O) groups is 12. The van der Waals surface area contributed by atoms with Crippen LogP contribution in [0.1, 0.15) is 162 Å². The van der Waals surface area contributed by atoms with Crippen LogP contribution in [-0.4, -0.2) is 277 Å². The van der Waals surface area contributed by atoms with Crippen LogP contribution in [0.4, 0.5) is 13.2 Å². The van der Waals surface area contributed by atoms with Crippen LogP contribution in [0.2, 0.25) is 5.02 Å². The molecule has 26 nitrogen and oxygen atoms in total. The molecule has 5 aliphatic rings. The Hall–Kier alpha value is -7.14. The van der Waals surface area contributed by atoms with Gasteiger partial charge < -0.3 is 69.5 Å². The van der Waals surface area contributed by atoms with Crippen molar-refractivity contribution in [2.75, 3.05) is 108 Å². The molecule has 0 bridgehead atoms. The van der Waals surface area contributed by atoms with Gasteiger partial charge in [0.1, 0.15) is 47.8 Å². The second-order valence-electron chi connectivity index (χ2n) is 29.7. The predicted octanol–water partition coefficient (Wildman–Crippen LogP) is 4.75. The molecule has 30 heteroatoms. The van der Waals surface area contributed by atoms with Crippen molar-refractivity contribution in [3.8, 4) is 0 Å². The van der Waals surface area contributed by atoms with E-state index < -0.39 is 174 Å². The molecule has 1 aromatic carbocycles. The summed E-state index contributed by atoms with van der Waals surface area (Å²) < 4.78 is 53.4. The number of alkyl halides is 3. The number of hydrogen-bond acceptors (Lipinski definition) is 14. The molecule has 3 heterocycles. The first-order chi connectivity index (χ1) is 47.9. The van der Waals surface area contributed by atoms with Gasteiger partial charge in [-0.25, -0.2) is 0 Å². The lowest BCUT2D eigenvalue weighted by Gasteiger charge is -2.41. The molecule has 1 spiro atoms. The van der Waals surface area contributed by atoms with Crippen molar-refractivity contribution in [3.63, 3.8) is 0 Å². The highest BCUT2D eigenvalue weighted by atomic mass is 35.5. The van der Waals surface area contributed by atoms with Gasteiger partial charge in [0, 0.05) is 82.0 Å². The number of carbonyl (C=O) groups excluding carboxylic acids is 12. The van der Waals surface area contributed by atoms with Crippen LogP contribution in [0.5, 0.6) is 0 Å². The summed E-state index contributed by atoms with van der Waals surface area (Å²) in [7, 11) is 9.76. The Bertz CT molecular complexity index is 3140. The number of aryl methyl sites for hydroxylation is 1. The summed E-state index contributed by atoms with van der Waals surface area (Å²) in [6, 6.07) is -6.08. The number of likely N-dealkylation sites (N-methyl/N-ethyl adjacent to an activating group) is 7. The maximum atomic E-state index is 15.6. The summed E-state index contributed by atoms with van der Waals surface area (Å²) in [4.78, 5) is 190. The number of nitrogens with one attached hydrogen (secondary N) is 3. The van der Waals surface area contributed by atoms with E-state index in [1.807, 2.05) is 34.6 Å². The number of morpholine rings is 1. The summed E-state index contributed by atoms with van der Waals surface area (Å²) in [6.45, 7) is 11.6. The molecule has 2 saturated carbocycles. The topological polar surface area (TPSA) is 289 Å². The van der Waals surface area contributed by atoms with E-state index in [0.717, 1.165) is 63.8 Å². The zero-order chi connectivity index (χ0) is 75.8. The molecule has 3 saturated heterocycles. The quantitative estimate of drug-likeness (QED) is 0.227. The number of benzene rings is 1. The summed E-state index contributed by atoms with van der Waals surface area (Å²) in [5.74, 6) is -9.27. The van der Waals surface area contributed by atoms with Gasteiger partial charge in [-0.15, -0.1) is 0 Å². The minimum atomic E-state index is -4.78. The van der Waals surface area contributed by atoms with Crippen molar-refractivity contribution in [3.05, 3.63) is 34.3 Å². The van der Waals surface area contributed by atoms with Gasteiger partial charge in [-0.05, 0) is 93.2 Å². The molecule has 6 rings (SSSR count). The number of hydrogen-bond donors (Lipinski definition) is 3. The van der Waals surface area contributed by atoms with Crippen molar-refractivity contribution >= 4 is 82.5 Å². The van der Waals surface area contributed by atoms with Crippen molar-refractivity contribution < 1.29 is 80.2 Å². The number of rotatable bonds is 14. The van der Waals surface area contributed by atoms with Gasteiger partial charge in [0.2, 0.25) is 70.9 Å². The molecule has 0 aromatic heterocycles. The largest absolute Gasteiger partial charge is 0.417 e. The van der Waals surface area contributed by atoms with Crippen LogP contribution >= 0.6 is 11.6 Å². The number of fused-ring (bicyclic) bond motifs is 1. The fraction of sp³-hybridized carbons (Fsp3) is 0.750. The molecule has 0 unspecified atom stereocenters. The number of ether oxygens (including phenoxy) is 2. The van der Waals surface area contributed by atoms with Crippen LogP contribution in [0.3, 0.4) is 0 Å². The highest BCUT2D eigenvalue weighted by Crippen LogP contribution is 2.37. The highest BCUT2D eigenvalue weighted by Gasteiger charge is 2.51. The van der Waals surface area contributed by atoms with Gasteiger partial charge in [0.25, 0.3) is 0 Å². The van der Waals surface area contributed by atoms with Crippen LogP contribution in [-0.2, 0) is 79.6 Å². The standard InChI is InChI=1S/C72H112ClF3N12O14/c1-15-46(7)62-69(99)82(10)42-60(91)80(8)43-61(92)84(12)56(37-47-22-18-17-19-23-47)66(96)81(9)41-58(89)77-52(27-25-48-24-26-50(51(73)36-48)72(74,75)76)65(95)88-40-49(102-16-2)38-54(88)64(94)79-71(28-20-21-29-71)70(100)86(14)55(35-45(5)6)67(97)85(13)57(68(98)87-30-32-101-33-31-87)39-59(90)83(11)53(34-44(3)4)63(93)78-62/h24,26,36,44-47,49,52-57,62H,15-23,25,27-35,37-43H2,1-14H3,(H,77,89)(H,78,93)(H,79,94)/t46-,49+,52-,53-,54-,55-,56-,57-,62-/m0/s1. The Morgan fingerprint density at radius 3 is 1.86 bits per heavy atom. The van der Waals surface area contributed by atoms with Gasteiger partial charge in [0.15, 0.2) is 0 Å². The molecular weight excluding hydrogens is 1350 g/mol. The molecule has 2 aliphatic carbocycles. The van der Waals surface area contributed by atoms with Crippen LogP contribution in [0, 0.1) is 23.7 Å². The third kappa shape index (κ3) is 21.7. The van der Waals surface area contributed by atoms with Gasteiger partial charge in [-0.2, -0.15) is 13.2 Å². The molecule has 3 N–H and O–H groups in total. The highest BCUT2D eigenvalue weighted by molar-refractivity contribution is 6.31. The van der Waals surface area contributed by atoms with E-state index in [2.05, 4.69) is 16.0 Å². The molecule has 102 heavy (non-hydrogen) atoms. The van der Waals surface area contributed by atoms with E-state index in [1.165, 1.54) is 79.9 Å². The third-order valence-corrected chi connectivity index (χ3v) is 21.4. The number of amides is 12. The smallest absolute Gasteiger partial charge is 0.378 e. The lowest BCUT2D eigenvalue weighted by Crippen LogP contribution is -2.64. The minimum Gasteiger partial charge on any atom is -0.378 e. The minimum absolute atomic E-state index is 0.00142. The SMILES string of the molecule is CCO[C@@H]1C[C@H]2C(=O)NC3(CCCC3)C(=O)N(C)[C@@H](CC(C)C)C(=O)N(C)[C@H](C(=O)N3CCOCC3)CC(=O)N(C)[C@@H](CC(C)C)C(=O)N[C@@H]([C@@H](C)CC)C(=O)N(C)CC(=O)N(C)CC(=O)N(C)[C@@H](CC3CCCCC3)C(=O)N(C)CC(=O)N[C@@H](CCc3ccc(C(F)(F)F)c(Cl)c3)C(=O)N2C1. The van der Waals surface area contributed by atoms with E-state index in [4.69, 9.17) is 21.1 Å². The Morgan fingerprint density at radius 1 is 0.676 bits per heavy atom. The van der Waals surface area contributed by atoms with E-state index in [1.54, 1.807) is 13.8 Å². The predicted molar refractivity (Wildman–Crippen MR) is 374 cm³/mol. The second-order valence-corrected chi connectivity index (χ2v) is 30.1. The van der Waals surface area contributed by atoms with Crippen molar-refractivity contribution in [2.24, 2.45) is 23.7 Å². The molecule has 3 aliphatic heterocycles. The molecule has 5 fully saturated rings.